The maximum Gasteiger partial charge on any atom is 0.218 e. The van der Waals surface area contributed by atoms with E-state index >= 15 is 0 Å². The van der Waals surface area contributed by atoms with Crippen molar-refractivity contribution >= 4 is 0 Å². The summed E-state index contributed by atoms with van der Waals surface area (Å²) < 4.78 is 1.66. The molecule has 1 N–H and O–H groups in total. The average molecular weight is 320 g/mol. The summed E-state index contributed by atoms with van der Waals surface area (Å²) in [6, 6.07) is 16.2. The van der Waals surface area contributed by atoms with E-state index in [1.54, 1.807) is 4.68 Å². The van der Waals surface area contributed by atoms with Crippen LogP contribution in [0.1, 0.15) is 30.5 Å². The molecule has 3 aromatic rings. The Balaban J connectivity index is 2.21. The summed E-state index contributed by atoms with van der Waals surface area (Å²) in [6.45, 7) is 8.44. The average Bonchev–Trinajstić information content (AvgIpc) is 2.84. The maximum absolute atomic E-state index is 10.9. The molecule has 0 amide bonds. The van der Waals surface area contributed by atoms with Crippen LogP contribution in [0.25, 0.3) is 16.9 Å². The van der Waals surface area contributed by atoms with Gasteiger partial charge in [-0.15, -0.1) is 0 Å². The van der Waals surface area contributed by atoms with E-state index in [4.69, 9.17) is 5.10 Å². The second kappa shape index (κ2) is 6.52. The van der Waals surface area contributed by atoms with Gasteiger partial charge in [0.05, 0.1) is 5.69 Å². The fraction of sp³-hybridized carbons (Fsp3) is 0.286. The Hall–Kier alpha value is -2.55. The van der Waals surface area contributed by atoms with E-state index in [0.29, 0.717) is 5.92 Å². The summed E-state index contributed by atoms with van der Waals surface area (Å²) in [6.07, 6.45) is 0.793. The molecule has 0 fully saturated rings. The lowest BCUT2D eigenvalue weighted by molar-refractivity contribution is 0.424. The van der Waals surface area contributed by atoms with Crippen LogP contribution in [0.3, 0.4) is 0 Å². The quantitative estimate of drug-likeness (QED) is 0.729. The Morgan fingerprint density at radius 2 is 1.79 bits per heavy atom. The molecule has 0 radical (unpaired) electrons. The Morgan fingerprint density at radius 1 is 1.04 bits per heavy atom. The molecule has 0 aliphatic heterocycles. The van der Waals surface area contributed by atoms with Crippen LogP contribution in [0.5, 0.6) is 5.88 Å². The van der Waals surface area contributed by atoms with E-state index in [0.717, 1.165) is 40.1 Å². The lowest BCUT2D eigenvalue weighted by Crippen LogP contribution is -1.97. The lowest BCUT2D eigenvalue weighted by atomic mass is 9.97. The first-order valence-corrected chi connectivity index (χ1v) is 8.41. The van der Waals surface area contributed by atoms with E-state index in [1.807, 2.05) is 43.3 Å². The molecule has 3 heteroatoms. The summed E-state index contributed by atoms with van der Waals surface area (Å²) in [7, 11) is 0. The van der Waals surface area contributed by atoms with Gasteiger partial charge < -0.3 is 5.11 Å². The van der Waals surface area contributed by atoms with Gasteiger partial charge in [-0.2, -0.15) is 5.10 Å². The van der Waals surface area contributed by atoms with Crippen molar-refractivity contribution in [2.75, 3.05) is 0 Å². The molecule has 1 aromatic heterocycles. The van der Waals surface area contributed by atoms with E-state index < -0.39 is 0 Å². The number of aromatic hydroxyl groups is 1. The van der Waals surface area contributed by atoms with Gasteiger partial charge in [-0.1, -0.05) is 50.2 Å². The SMILES string of the molecule is Cc1cccc(-n2nc(-c3ccccc3C)c(CC(C)C)c2O)c1. The Bertz CT molecular complexity index is 862. The Morgan fingerprint density at radius 3 is 2.46 bits per heavy atom. The van der Waals surface area contributed by atoms with Crippen LogP contribution in [-0.4, -0.2) is 14.9 Å². The molecule has 3 nitrogen and oxygen atoms in total. The summed E-state index contributed by atoms with van der Waals surface area (Å²) in [5, 5.41) is 15.6. The Labute approximate surface area is 143 Å². The van der Waals surface area contributed by atoms with E-state index in [9.17, 15) is 5.11 Å². The summed E-state index contributed by atoms with van der Waals surface area (Å²) >= 11 is 0. The van der Waals surface area contributed by atoms with Gasteiger partial charge >= 0.3 is 0 Å². The summed E-state index contributed by atoms with van der Waals surface area (Å²) in [5.74, 6) is 0.682. The smallest absolute Gasteiger partial charge is 0.218 e. The van der Waals surface area contributed by atoms with Crippen molar-refractivity contribution < 1.29 is 5.11 Å². The number of hydrogen-bond acceptors (Lipinski definition) is 2. The molecule has 0 bridgehead atoms. The number of rotatable bonds is 4. The standard InChI is InChI=1S/C21H24N2O/c1-14(2)12-19-20(18-11-6-5-9-16(18)4)22-23(21(19)24)17-10-7-8-15(3)13-17/h5-11,13-14,24H,12H2,1-4H3. The van der Waals surface area contributed by atoms with Gasteiger partial charge in [0.1, 0.15) is 5.69 Å². The molecule has 0 saturated carbocycles. The highest BCUT2D eigenvalue weighted by molar-refractivity contribution is 5.69. The van der Waals surface area contributed by atoms with Crippen molar-refractivity contribution in [3.05, 3.63) is 65.2 Å². The topological polar surface area (TPSA) is 38.0 Å². The molecular weight excluding hydrogens is 296 g/mol. The van der Waals surface area contributed by atoms with E-state index in [1.165, 1.54) is 0 Å². The zero-order valence-electron chi connectivity index (χ0n) is 14.7. The zero-order chi connectivity index (χ0) is 17.3. The monoisotopic (exact) mass is 320 g/mol. The largest absolute Gasteiger partial charge is 0.493 e. The predicted molar refractivity (Wildman–Crippen MR) is 98.7 cm³/mol. The lowest BCUT2D eigenvalue weighted by Gasteiger charge is -2.08. The first kappa shape index (κ1) is 16.3. The highest BCUT2D eigenvalue weighted by Gasteiger charge is 2.21. The molecule has 2 aromatic carbocycles. The van der Waals surface area contributed by atoms with Crippen LogP contribution in [0.2, 0.25) is 0 Å². The van der Waals surface area contributed by atoms with Gasteiger partial charge in [0.2, 0.25) is 5.88 Å². The van der Waals surface area contributed by atoms with Gasteiger partial charge in [-0.25, -0.2) is 4.68 Å². The second-order valence-corrected chi connectivity index (χ2v) is 6.81. The fourth-order valence-electron chi connectivity index (χ4n) is 3.03. The highest BCUT2D eigenvalue weighted by Crippen LogP contribution is 2.35. The minimum absolute atomic E-state index is 0.243. The van der Waals surface area contributed by atoms with Crippen molar-refractivity contribution in [2.45, 2.75) is 34.1 Å². The first-order valence-electron chi connectivity index (χ1n) is 8.41. The third-order valence-corrected chi connectivity index (χ3v) is 4.22. The van der Waals surface area contributed by atoms with Crippen molar-refractivity contribution in [2.24, 2.45) is 5.92 Å². The number of aromatic nitrogens is 2. The third-order valence-electron chi connectivity index (χ3n) is 4.22. The number of nitrogens with zero attached hydrogens (tertiary/aromatic N) is 2. The van der Waals surface area contributed by atoms with Gasteiger partial charge in [0.25, 0.3) is 0 Å². The molecule has 0 aliphatic rings. The van der Waals surface area contributed by atoms with E-state index in [-0.39, 0.29) is 5.88 Å². The molecule has 24 heavy (non-hydrogen) atoms. The molecule has 3 rings (SSSR count). The molecular formula is C21H24N2O. The predicted octanol–water partition coefficient (Wildman–Crippen LogP) is 5.06. The maximum atomic E-state index is 10.9. The number of benzene rings is 2. The van der Waals surface area contributed by atoms with Gasteiger partial charge in [-0.05, 0) is 49.4 Å². The van der Waals surface area contributed by atoms with Crippen LogP contribution < -0.4 is 0 Å². The molecule has 0 aliphatic carbocycles. The molecule has 0 spiro atoms. The molecule has 124 valence electrons. The van der Waals surface area contributed by atoms with Gasteiger partial charge in [0, 0.05) is 11.1 Å². The van der Waals surface area contributed by atoms with Crippen molar-refractivity contribution in [1.82, 2.24) is 9.78 Å². The second-order valence-electron chi connectivity index (χ2n) is 6.81. The molecule has 0 atom stereocenters. The van der Waals surface area contributed by atoms with Crippen molar-refractivity contribution in [3.8, 4) is 22.8 Å². The van der Waals surface area contributed by atoms with E-state index in [2.05, 4.69) is 32.9 Å². The Kier molecular flexibility index (Phi) is 4.43. The fourth-order valence-corrected chi connectivity index (χ4v) is 3.03. The number of aryl methyl sites for hydroxylation is 2. The molecule has 0 unspecified atom stereocenters. The van der Waals surface area contributed by atoms with Crippen molar-refractivity contribution in [3.63, 3.8) is 0 Å². The molecule has 0 saturated heterocycles. The first-order chi connectivity index (χ1) is 11.5. The summed E-state index contributed by atoms with van der Waals surface area (Å²) in [4.78, 5) is 0. The van der Waals surface area contributed by atoms with Crippen molar-refractivity contribution in [1.29, 1.82) is 0 Å². The minimum Gasteiger partial charge on any atom is -0.493 e. The third kappa shape index (κ3) is 3.07. The van der Waals surface area contributed by atoms with Crippen LogP contribution in [0.15, 0.2) is 48.5 Å². The highest BCUT2D eigenvalue weighted by atomic mass is 16.3. The minimum atomic E-state index is 0.243. The summed E-state index contributed by atoms with van der Waals surface area (Å²) in [5.41, 5.74) is 6.07. The normalized spacial score (nSPS) is 11.2. The number of hydrogen-bond donors (Lipinski definition) is 1. The molecule has 1 heterocycles. The van der Waals surface area contributed by atoms with Crippen LogP contribution >= 0.6 is 0 Å². The van der Waals surface area contributed by atoms with Gasteiger partial charge in [-0.3, -0.25) is 0 Å². The van der Waals surface area contributed by atoms with Crippen LogP contribution in [0.4, 0.5) is 0 Å². The van der Waals surface area contributed by atoms with Crippen LogP contribution in [0, 0.1) is 19.8 Å². The van der Waals surface area contributed by atoms with Gasteiger partial charge in [0.15, 0.2) is 0 Å². The zero-order valence-corrected chi connectivity index (χ0v) is 14.7. The van der Waals surface area contributed by atoms with Crippen LogP contribution in [-0.2, 0) is 6.42 Å².